The summed E-state index contributed by atoms with van der Waals surface area (Å²) in [5.74, 6) is -0.402. The first kappa shape index (κ1) is 27.3. The number of carbonyl (C=O) groups excluding carboxylic acids is 2. The molecule has 0 radical (unpaired) electrons. The van der Waals surface area contributed by atoms with E-state index in [1.165, 1.54) is 13.3 Å². The number of rotatable bonds is 5. The quantitative estimate of drug-likeness (QED) is 0.268. The predicted octanol–water partition coefficient (Wildman–Crippen LogP) is 6.44. The number of methoxy groups -OCH3 is 1. The molecule has 4 rings (SSSR count). The minimum Gasteiger partial charge on any atom is -0.469 e. The first-order valence-electron chi connectivity index (χ1n) is 11.8. The van der Waals surface area contributed by atoms with Crippen LogP contribution in [0.5, 0.6) is 0 Å². The van der Waals surface area contributed by atoms with E-state index >= 15 is 0 Å². The number of hydrogen-bond donors (Lipinski definition) is 0. The molecule has 1 aliphatic rings. The number of carbonyl (C=O) groups is 2. The standard InChI is InChI=1S/C26H26Cl2F3N3O3/c1-14-8-17(26(29,30)31)10-18-15(2)12-34(23(14)18)13-20-22(27)19(11-32-24(20)28)25(36)33-6-4-16(5-7-33)9-21(35)37-3/h8,10-12,16H,4-7,9,13H2,1-3H3. The zero-order valence-corrected chi connectivity index (χ0v) is 22.1. The van der Waals surface area contributed by atoms with Crippen LogP contribution in [-0.2, 0) is 22.3 Å². The highest BCUT2D eigenvalue weighted by Gasteiger charge is 2.32. The predicted molar refractivity (Wildman–Crippen MR) is 135 cm³/mol. The van der Waals surface area contributed by atoms with E-state index in [4.69, 9.17) is 27.9 Å². The Balaban J connectivity index is 1.61. The van der Waals surface area contributed by atoms with Gasteiger partial charge in [0.1, 0.15) is 5.15 Å². The summed E-state index contributed by atoms with van der Waals surface area (Å²) in [4.78, 5) is 30.7. The highest BCUT2D eigenvalue weighted by molar-refractivity contribution is 6.37. The molecule has 3 aromatic rings. The molecule has 0 saturated carbocycles. The molecule has 1 fully saturated rings. The van der Waals surface area contributed by atoms with E-state index in [0.29, 0.717) is 59.9 Å². The van der Waals surface area contributed by atoms with Gasteiger partial charge in [-0.2, -0.15) is 13.2 Å². The average molecular weight is 556 g/mol. The van der Waals surface area contributed by atoms with Crippen LogP contribution in [0.3, 0.4) is 0 Å². The molecule has 0 spiro atoms. The van der Waals surface area contributed by atoms with Crippen molar-refractivity contribution in [2.24, 2.45) is 5.92 Å². The number of alkyl halides is 3. The fourth-order valence-electron chi connectivity index (χ4n) is 4.91. The molecule has 1 aliphatic heterocycles. The van der Waals surface area contributed by atoms with Crippen LogP contribution in [0.25, 0.3) is 10.9 Å². The Morgan fingerprint density at radius 1 is 1.14 bits per heavy atom. The third-order valence-corrected chi connectivity index (χ3v) is 7.65. The van der Waals surface area contributed by atoms with E-state index in [0.717, 1.165) is 12.1 Å². The molecule has 1 amide bonds. The number of halogens is 5. The molecule has 1 aromatic carbocycles. The van der Waals surface area contributed by atoms with E-state index < -0.39 is 11.7 Å². The van der Waals surface area contributed by atoms with Crippen molar-refractivity contribution >= 4 is 46.0 Å². The van der Waals surface area contributed by atoms with Gasteiger partial charge in [0.15, 0.2) is 0 Å². The lowest BCUT2D eigenvalue weighted by atomic mass is 9.93. The third-order valence-electron chi connectivity index (χ3n) is 6.89. The monoisotopic (exact) mass is 555 g/mol. The van der Waals surface area contributed by atoms with Gasteiger partial charge in [0, 0.05) is 42.9 Å². The zero-order chi connectivity index (χ0) is 27.1. The highest BCUT2D eigenvalue weighted by Crippen LogP contribution is 2.36. The highest BCUT2D eigenvalue weighted by atomic mass is 35.5. The van der Waals surface area contributed by atoms with Gasteiger partial charge in [0.05, 0.1) is 35.3 Å². The second-order valence-electron chi connectivity index (χ2n) is 9.40. The molecule has 1 saturated heterocycles. The maximum absolute atomic E-state index is 13.3. The number of likely N-dealkylation sites (tertiary alicyclic amines) is 1. The summed E-state index contributed by atoms with van der Waals surface area (Å²) in [6.07, 6.45) is 0.287. The Kier molecular flexibility index (Phi) is 7.76. The molecule has 0 bridgehead atoms. The summed E-state index contributed by atoms with van der Waals surface area (Å²) in [5.41, 5.74) is 1.66. The number of ether oxygens (including phenoxy) is 1. The molecule has 0 atom stereocenters. The topological polar surface area (TPSA) is 64.4 Å². The maximum atomic E-state index is 13.3. The van der Waals surface area contributed by atoms with Crippen LogP contribution in [0.1, 0.15) is 51.9 Å². The van der Waals surface area contributed by atoms with Crippen molar-refractivity contribution < 1.29 is 27.5 Å². The van der Waals surface area contributed by atoms with Gasteiger partial charge in [0.2, 0.25) is 0 Å². The number of nitrogens with zero attached hydrogens (tertiary/aromatic N) is 3. The molecule has 3 heterocycles. The van der Waals surface area contributed by atoms with Crippen molar-refractivity contribution in [3.8, 4) is 0 Å². The number of amides is 1. The SMILES string of the molecule is COC(=O)CC1CCN(C(=O)c2cnc(Cl)c(Cn3cc(C)c4cc(C(F)(F)F)cc(C)c43)c2Cl)CC1. The molecule has 0 N–H and O–H groups in total. The normalized spacial score (nSPS) is 14.9. The molecular formula is C26H26Cl2F3N3O3. The number of benzene rings is 1. The lowest BCUT2D eigenvalue weighted by molar-refractivity contribution is -0.142. The molecular weight excluding hydrogens is 530 g/mol. The van der Waals surface area contributed by atoms with Crippen LogP contribution < -0.4 is 0 Å². The Hall–Kier alpha value is -2.78. The van der Waals surface area contributed by atoms with Gasteiger partial charge in [-0.3, -0.25) is 9.59 Å². The van der Waals surface area contributed by atoms with Gasteiger partial charge in [0.25, 0.3) is 5.91 Å². The summed E-state index contributed by atoms with van der Waals surface area (Å²) in [6, 6.07) is 2.25. The molecule has 11 heteroatoms. The second kappa shape index (κ2) is 10.5. The first-order valence-corrected chi connectivity index (χ1v) is 12.5. The van der Waals surface area contributed by atoms with Crippen molar-refractivity contribution in [3.63, 3.8) is 0 Å². The number of pyridine rings is 1. The van der Waals surface area contributed by atoms with Crippen LogP contribution in [-0.4, -0.2) is 46.5 Å². The summed E-state index contributed by atoms with van der Waals surface area (Å²) in [5, 5.41) is 0.753. The Bertz CT molecular complexity index is 1360. The fraction of sp³-hybridized carbons (Fsp3) is 0.423. The lowest BCUT2D eigenvalue weighted by Gasteiger charge is -2.31. The largest absolute Gasteiger partial charge is 0.469 e. The van der Waals surface area contributed by atoms with Crippen molar-refractivity contribution in [1.82, 2.24) is 14.5 Å². The Morgan fingerprint density at radius 2 is 1.81 bits per heavy atom. The number of fused-ring (bicyclic) bond motifs is 1. The third kappa shape index (κ3) is 5.57. The molecule has 2 aromatic heterocycles. The van der Waals surface area contributed by atoms with Gasteiger partial charge in [-0.05, 0) is 55.9 Å². The van der Waals surface area contributed by atoms with E-state index in [1.54, 1.807) is 29.5 Å². The second-order valence-corrected chi connectivity index (χ2v) is 10.1. The molecule has 37 heavy (non-hydrogen) atoms. The van der Waals surface area contributed by atoms with Gasteiger partial charge < -0.3 is 14.2 Å². The summed E-state index contributed by atoms with van der Waals surface area (Å²) in [7, 11) is 1.35. The van der Waals surface area contributed by atoms with E-state index in [-0.39, 0.29) is 40.1 Å². The number of aryl methyl sites for hydroxylation is 2. The number of aromatic nitrogens is 2. The average Bonchev–Trinajstić information content (AvgIpc) is 3.17. The Morgan fingerprint density at radius 3 is 2.43 bits per heavy atom. The minimum atomic E-state index is -4.45. The van der Waals surface area contributed by atoms with Gasteiger partial charge in [-0.15, -0.1) is 0 Å². The van der Waals surface area contributed by atoms with E-state index in [9.17, 15) is 22.8 Å². The van der Waals surface area contributed by atoms with Crippen molar-refractivity contribution in [3.05, 3.63) is 62.5 Å². The molecule has 0 unspecified atom stereocenters. The summed E-state index contributed by atoms with van der Waals surface area (Å²) >= 11 is 13.1. The van der Waals surface area contributed by atoms with Crippen LogP contribution in [0.2, 0.25) is 10.2 Å². The lowest BCUT2D eigenvalue weighted by Crippen LogP contribution is -2.39. The number of piperidine rings is 1. The van der Waals surface area contributed by atoms with Crippen LogP contribution in [0.4, 0.5) is 13.2 Å². The first-order chi connectivity index (χ1) is 17.4. The zero-order valence-electron chi connectivity index (χ0n) is 20.6. The van der Waals surface area contributed by atoms with E-state index in [2.05, 4.69) is 4.98 Å². The van der Waals surface area contributed by atoms with Gasteiger partial charge in [-0.25, -0.2) is 4.98 Å². The van der Waals surface area contributed by atoms with Crippen LogP contribution in [0.15, 0.2) is 24.5 Å². The number of esters is 1. The summed E-state index contributed by atoms with van der Waals surface area (Å²) in [6.45, 7) is 4.43. The number of hydrogen-bond acceptors (Lipinski definition) is 4. The Labute approximate surface area is 222 Å². The smallest absolute Gasteiger partial charge is 0.416 e. The van der Waals surface area contributed by atoms with Crippen LogP contribution >= 0.6 is 23.2 Å². The summed E-state index contributed by atoms with van der Waals surface area (Å²) < 4.78 is 46.6. The molecule has 6 nitrogen and oxygen atoms in total. The molecule has 198 valence electrons. The molecule has 0 aliphatic carbocycles. The minimum absolute atomic E-state index is 0.113. The van der Waals surface area contributed by atoms with Crippen molar-refractivity contribution in [2.45, 2.75) is 45.8 Å². The fourth-order valence-corrected chi connectivity index (χ4v) is 5.44. The van der Waals surface area contributed by atoms with Crippen molar-refractivity contribution in [1.29, 1.82) is 0 Å². The van der Waals surface area contributed by atoms with Crippen LogP contribution in [0, 0.1) is 19.8 Å². The maximum Gasteiger partial charge on any atom is 0.416 e. The van der Waals surface area contributed by atoms with Crippen molar-refractivity contribution in [2.75, 3.05) is 20.2 Å². The van der Waals surface area contributed by atoms with E-state index in [1.807, 2.05) is 0 Å². The van der Waals surface area contributed by atoms with Gasteiger partial charge in [-0.1, -0.05) is 23.2 Å². The van der Waals surface area contributed by atoms with Gasteiger partial charge >= 0.3 is 12.1 Å².